The lowest BCUT2D eigenvalue weighted by Gasteiger charge is -2.22. The van der Waals surface area contributed by atoms with E-state index in [1.165, 1.54) is 11.1 Å². The summed E-state index contributed by atoms with van der Waals surface area (Å²) in [6.45, 7) is 9.86. The fourth-order valence-corrected chi connectivity index (χ4v) is 2.73. The lowest BCUT2D eigenvalue weighted by Crippen LogP contribution is -2.38. The second-order valence-corrected chi connectivity index (χ2v) is 6.45. The first kappa shape index (κ1) is 22.5. The van der Waals surface area contributed by atoms with Gasteiger partial charge in [-0.25, -0.2) is 4.98 Å². The molecule has 0 spiro atoms. The summed E-state index contributed by atoms with van der Waals surface area (Å²) < 4.78 is 2.19. The Kier molecular flexibility index (Phi) is 10.3. The summed E-state index contributed by atoms with van der Waals surface area (Å²) in [5.74, 6) is 2.05. The Morgan fingerprint density at radius 3 is 2.54 bits per heavy atom. The average Bonchev–Trinajstić information content (AvgIpc) is 3.00. The van der Waals surface area contributed by atoms with Crippen molar-refractivity contribution < 1.29 is 0 Å². The minimum atomic E-state index is 0. The van der Waals surface area contributed by atoms with Crippen molar-refractivity contribution in [2.45, 2.75) is 46.7 Å². The van der Waals surface area contributed by atoms with E-state index in [0.29, 0.717) is 0 Å². The van der Waals surface area contributed by atoms with Gasteiger partial charge in [0.25, 0.3) is 0 Å². The number of hydrogen-bond donors (Lipinski definition) is 1. The Bertz CT molecular complexity index is 663. The van der Waals surface area contributed by atoms with Crippen LogP contribution in [0.15, 0.2) is 41.7 Å². The van der Waals surface area contributed by atoms with Crippen molar-refractivity contribution in [1.82, 2.24) is 19.8 Å². The van der Waals surface area contributed by atoms with Gasteiger partial charge in [0.1, 0.15) is 5.82 Å². The summed E-state index contributed by atoms with van der Waals surface area (Å²) in [6.07, 6.45) is 6.08. The summed E-state index contributed by atoms with van der Waals surface area (Å²) in [6, 6.07) is 8.68. The molecule has 6 heteroatoms. The van der Waals surface area contributed by atoms with Crippen molar-refractivity contribution in [2.24, 2.45) is 4.99 Å². The van der Waals surface area contributed by atoms with Crippen LogP contribution in [0.3, 0.4) is 0 Å². The maximum atomic E-state index is 4.77. The molecule has 1 N–H and O–H groups in total. The maximum absolute atomic E-state index is 4.77. The van der Waals surface area contributed by atoms with Crippen molar-refractivity contribution in [1.29, 1.82) is 0 Å². The van der Waals surface area contributed by atoms with E-state index in [-0.39, 0.29) is 24.0 Å². The first-order valence-electron chi connectivity index (χ1n) is 9.13. The third-order valence-corrected chi connectivity index (χ3v) is 4.23. The van der Waals surface area contributed by atoms with Gasteiger partial charge in [0, 0.05) is 45.6 Å². The average molecular weight is 469 g/mol. The quantitative estimate of drug-likeness (QED) is 0.275. The van der Waals surface area contributed by atoms with Crippen LogP contribution in [-0.4, -0.2) is 40.5 Å². The van der Waals surface area contributed by atoms with Crippen molar-refractivity contribution in [3.05, 3.63) is 53.6 Å². The summed E-state index contributed by atoms with van der Waals surface area (Å²) in [5.41, 5.74) is 2.59. The molecule has 144 valence electrons. The molecule has 0 fully saturated rings. The number of halogens is 1. The molecule has 0 bridgehead atoms. The number of unbranched alkanes of at least 4 members (excludes halogenated alkanes) is 1. The summed E-state index contributed by atoms with van der Waals surface area (Å²) in [4.78, 5) is 11.2. The molecule has 5 nitrogen and oxygen atoms in total. The van der Waals surface area contributed by atoms with E-state index in [9.17, 15) is 0 Å². The fourth-order valence-electron chi connectivity index (χ4n) is 2.73. The molecule has 0 saturated carbocycles. The monoisotopic (exact) mass is 469 g/mol. The van der Waals surface area contributed by atoms with Crippen molar-refractivity contribution in [3.8, 4) is 0 Å². The van der Waals surface area contributed by atoms with E-state index in [2.05, 4.69) is 64.9 Å². The molecule has 0 atom stereocenters. The SMILES string of the molecule is CCNC(=NCCCCn1ccnc1C)N(C)Cc1ccc(C)cc1.I. The van der Waals surface area contributed by atoms with Crippen LogP contribution in [0.2, 0.25) is 0 Å². The van der Waals surface area contributed by atoms with Crippen LogP contribution in [0.4, 0.5) is 0 Å². The molecular weight excluding hydrogens is 437 g/mol. The second kappa shape index (κ2) is 11.9. The van der Waals surface area contributed by atoms with Gasteiger partial charge in [-0.1, -0.05) is 29.8 Å². The van der Waals surface area contributed by atoms with E-state index in [0.717, 1.165) is 50.8 Å². The van der Waals surface area contributed by atoms with Crippen LogP contribution >= 0.6 is 24.0 Å². The Morgan fingerprint density at radius 1 is 1.19 bits per heavy atom. The predicted octanol–water partition coefficient (Wildman–Crippen LogP) is 4.00. The fraction of sp³-hybridized carbons (Fsp3) is 0.500. The number of nitrogens with zero attached hydrogens (tertiary/aromatic N) is 4. The first-order chi connectivity index (χ1) is 12.1. The van der Waals surface area contributed by atoms with E-state index >= 15 is 0 Å². The Hall–Kier alpha value is -1.57. The topological polar surface area (TPSA) is 45.5 Å². The highest BCUT2D eigenvalue weighted by atomic mass is 127. The number of imidazole rings is 1. The van der Waals surface area contributed by atoms with Crippen LogP contribution in [-0.2, 0) is 13.1 Å². The lowest BCUT2D eigenvalue weighted by atomic mass is 10.1. The van der Waals surface area contributed by atoms with Gasteiger partial charge in [-0.2, -0.15) is 0 Å². The van der Waals surface area contributed by atoms with Gasteiger partial charge in [-0.15, -0.1) is 24.0 Å². The molecule has 0 unspecified atom stereocenters. The van der Waals surface area contributed by atoms with Gasteiger partial charge in [-0.3, -0.25) is 4.99 Å². The zero-order chi connectivity index (χ0) is 18.1. The van der Waals surface area contributed by atoms with E-state index in [1.807, 2.05) is 19.3 Å². The number of guanidine groups is 1. The number of nitrogens with one attached hydrogen (secondary N) is 1. The Labute approximate surface area is 174 Å². The van der Waals surface area contributed by atoms with Crippen LogP contribution in [0.1, 0.15) is 36.7 Å². The highest BCUT2D eigenvalue weighted by molar-refractivity contribution is 14.0. The molecule has 0 amide bonds. The standard InChI is InChI=1S/C20H31N5.HI/c1-5-21-20(24(4)16-19-10-8-17(2)9-11-19)23-12-6-7-14-25-15-13-22-18(25)3;/h8-11,13,15H,5-7,12,14,16H2,1-4H3,(H,21,23);1H. The largest absolute Gasteiger partial charge is 0.357 e. The number of rotatable bonds is 8. The minimum Gasteiger partial charge on any atom is -0.357 e. The Morgan fingerprint density at radius 2 is 1.92 bits per heavy atom. The molecule has 1 aromatic heterocycles. The van der Waals surface area contributed by atoms with Gasteiger partial charge in [0.15, 0.2) is 5.96 Å². The molecule has 0 aliphatic carbocycles. The van der Waals surface area contributed by atoms with Crippen LogP contribution in [0.5, 0.6) is 0 Å². The van der Waals surface area contributed by atoms with Crippen LogP contribution in [0, 0.1) is 13.8 Å². The summed E-state index contributed by atoms with van der Waals surface area (Å²) in [5, 5.41) is 3.39. The normalized spacial score (nSPS) is 11.2. The minimum absolute atomic E-state index is 0. The summed E-state index contributed by atoms with van der Waals surface area (Å²) in [7, 11) is 2.09. The summed E-state index contributed by atoms with van der Waals surface area (Å²) >= 11 is 0. The van der Waals surface area contributed by atoms with Crippen molar-refractivity contribution in [3.63, 3.8) is 0 Å². The Balaban J connectivity index is 0.00000338. The van der Waals surface area contributed by atoms with Gasteiger partial charge >= 0.3 is 0 Å². The third-order valence-electron chi connectivity index (χ3n) is 4.23. The van der Waals surface area contributed by atoms with Gasteiger partial charge in [0.2, 0.25) is 0 Å². The smallest absolute Gasteiger partial charge is 0.193 e. The number of benzene rings is 1. The van der Waals surface area contributed by atoms with Crippen molar-refractivity contribution in [2.75, 3.05) is 20.1 Å². The number of aryl methyl sites for hydroxylation is 3. The molecular formula is C20H32IN5. The number of aliphatic imine (C=N–C) groups is 1. The molecule has 26 heavy (non-hydrogen) atoms. The zero-order valence-corrected chi connectivity index (χ0v) is 18.7. The highest BCUT2D eigenvalue weighted by Gasteiger charge is 2.06. The van der Waals surface area contributed by atoms with E-state index in [1.54, 1.807) is 0 Å². The highest BCUT2D eigenvalue weighted by Crippen LogP contribution is 2.06. The van der Waals surface area contributed by atoms with Crippen LogP contribution < -0.4 is 5.32 Å². The molecule has 2 aromatic rings. The number of hydrogen-bond acceptors (Lipinski definition) is 2. The first-order valence-corrected chi connectivity index (χ1v) is 9.13. The van der Waals surface area contributed by atoms with E-state index in [4.69, 9.17) is 4.99 Å². The maximum Gasteiger partial charge on any atom is 0.193 e. The van der Waals surface area contributed by atoms with Crippen LogP contribution in [0.25, 0.3) is 0 Å². The number of aromatic nitrogens is 2. The molecule has 2 rings (SSSR count). The van der Waals surface area contributed by atoms with Gasteiger partial charge < -0.3 is 14.8 Å². The molecule has 1 heterocycles. The van der Waals surface area contributed by atoms with Gasteiger partial charge in [0.05, 0.1) is 0 Å². The van der Waals surface area contributed by atoms with E-state index < -0.39 is 0 Å². The second-order valence-electron chi connectivity index (χ2n) is 6.45. The van der Waals surface area contributed by atoms with Gasteiger partial charge in [-0.05, 0) is 39.2 Å². The molecule has 0 aliphatic heterocycles. The third kappa shape index (κ3) is 7.35. The zero-order valence-electron chi connectivity index (χ0n) is 16.4. The lowest BCUT2D eigenvalue weighted by molar-refractivity contribution is 0.475. The molecule has 0 radical (unpaired) electrons. The molecule has 1 aromatic carbocycles. The predicted molar refractivity (Wildman–Crippen MR) is 120 cm³/mol. The molecule has 0 aliphatic rings. The molecule has 0 saturated heterocycles. The van der Waals surface area contributed by atoms with Crippen molar-refractivity contribution >= 4 is 29.9 Å².